The molecule has 0 radical (unpaired) electrons. The van der Waals surface area contributed by atoms with Gasteiger partial charge in [0, 0.05) is 0 Å². The minimum absolute atomic E-state index is 0.0958. The Hall–Kier alpha value is -2.15. The summed E-state index contributed by atoms with van der Waals surface area (Å²) in [4.78, 5) is 29.6. The summed E-state index contributed by atoms with van der Waals surface area (Å²) in [7, 11) is 0. The Morgan fingerprint density at radius 3 is 2.90 bits per heavy atom. The number of hydrogen-bond donors (Lipinski definition) is 2. The average Bonchev–Trinajstić information content (AvgIpc) is 2.84. The molecule has 0 saturated carbocycles. The van der Waals surface area contributed by atoms with Crippen molar-refractivity contribution in [2.45, 2.75) is 19.4 Å². The minimum Gasteiger partial charge on any atom is -0.395 e. The molecule has 2 aromatic rings. The first-order valence-corrected chi connectivity index (χ1v) is 7.03. The highest BCUT2D eigenvalue weighted by Gasteiger charge is 2.41. The molecule has 1 aliphatic heterocycles. The van der Waals surface area contributed by atoms with Crippen molar-refractivity contribution in [3.05, 3.63) is 17.6 Å². The molecule has 7 heteroatoms. The van der Waals surface area contributed by atoms with Crippen LogP contribution in [0.5, 0.6) is 0 Å². The number of piperazine rings is 1. The van der Waals surface area contributed by atoms with E-state index in [0.717, 1.165) is 4.70 Å². The van der Waals surface area contributed by atoms with Gasteiger partial charge < -0.3 is 10.6 Å². The van der Waals surface area contributed by atoms with E-state index in [4.69, 9.17) is 5.73 Å². The molecule has 0 aliphatic carbocycles. The average molecular weight is 290 g/mol. The van der Waals surface area contributed by atoms with E-state index in [0.29, 0.717) is 16.9 Å². The molecular weight excluding hydrogens is 276 g/mol. The lowest BCUT2D eigenvalue weighted by Crippen LogP contribution is -2.64. The molecule has 1 aromatic carbocycles. The molecule has 2 amide bonds. The number of carbonyl (C=O) groups excluding carboxylic acids is 2. The monoisotopic (exact) mass is 290 g/mol. The third-order valence-electron chi connectivity index (χ3n) is 3.59. The van der Waals surface area contributed by atoms with Crippen LogP contribution in [0.4, 0.5) is 11.4 Å². The lowest BCUT2D eigenvalue weighted by molar-refractivity contribution is -0.135. The van der Waals surface area contributed by atoms with Crippen molar-refractivity contribution in [2.75, 3.05) is 17.2 Å². The van der Waals surface area contributed by atoms with Crippen LogP contribution in [0.2, 0.25) is 0 Å². The quantitative estimate of drug-likeness (QED) is 0.607. The molecule has 1 aromatic heterocycles. The molecule has 1 aliphatic rings. The van der Waals surface area contributed by atoms with E-state index in [9.17, 15) is 9.59 Å². The fourth-order valence-corrected chi connectivity index (χ4v) is 3.04. The van der Waals surface area contributed by atoms with Gasteiger partial charge in [-0.3, -0.25) is 14.9 Å². The summed E-state index contributed by atoms with van der Waals surface area (Å²) in [6.45, 7) is 3.62. The van der Waals surface area contributed by atoms with Gasteiger partial charge in [0.05, 0.1) is 28.1 Å². The molecule has 2 heterocycles. The van der Waals surface area contributed by atoms with Crippen LogP contribution in [0.3, 0.4) is 0 Å². The van der Waals surface area contributed by atoms with Crippen LogP contribution in [-0.2, 0) is 9.59 Å². The zero-order valence-corrected chi connectivity index (χ0v) is 12.0. The number of anilines is 2. The fourth-order valence-electron chi connectivity index (χ4n) is 2.35. The van der Waals surface area contributed by atoms with Crippen LogP contribution in [-0.4, -0.2) is 28.9 Å². The van der Waals surface area contributed by atoms with Crippen molar-refractivity contribution in [1.29, 1.82) is 0 Å². The molecule has 3 rings (SSSR count). The number of imide groups is 1. The maximum absolute atomic E-state index is 12.0. The highest BCUT2D eigenvalue weighted by molar-refractivity contribution is 7.16. The minimum atomic E-state index is -0.842. The number of carbonyl (C=O) groups is 2. The van der Waals surface area contributed by atoms with E-state index < -0.39 is 5.54 Å². The molecule has 3 N–H and O–H groups in total. The molecule has 0 atom stereocenters. The number of nitrogen functional groups attached to an aromatic ring is 1. The number of rotatable bonds is 1. The number of aromatic nitrogens is 1. The van der Waals surface area contributed by atoms with E-state index in [2.05, 4.69) is 10.3 Å². The Balaban J connectivity index is 2.15. The largest absolute Gasteiger partial charge is 0.395 e. The molecule has 104 valence electrons. The van der Waals surface area contributed by atoms with Gasteiger partial charge in [0.15, 0.2) is 0 Å². The summed E-state index contributed by atoms with van der Waals surface area (Å²) in [5, 5.41) is 2.35. The number of nitrogens with zero attached hydrogens (tertiary/aromatic N) is 2. The predicted octanol–water partition coefficient (Wildman–Crippen LogP) is 1.12. The zero-order valence-electron chi connectivity index (χ0n) is 11.1. The van der Waals surface area contributed by atoms with Gasteiger partial charge in [-0.25, -0.2) is 4.98 Å². The van der Waals surface area contributed by atoms with Crippen LogP contribution in [0, 0.1) is 0 Å². The van der Waals surface area contributed by atoms with Gasteiger partial charge >= 0.3 is 0 Å². The molecular formula is C13H14N4O2S. The zero-order chi connectivity index (χ0) is 14.5. The van der Waals surface area contributed by atoms with Gasteiger partial charge in [-0.15, -0.1) is 11.3 Å². The topological polar surface area (TPSA) is 88.3 Å². The number of nitrogens with two attached hydrogens (primary N) is 1. The second kappa shape index (κ2) is 4.17. The first kappa shape index (κ1) is 12.9. The van der Waals surface area contributed by atoms with Gasteiger partial charge in [0.2, 0.25) is 5.91 Å². The van der Waals surface area contributed by atoms with Crippen molar-refractivity contribution in [3.63, 3.8) is 0 Å². The Labute approximate surface area is 119 Å². The Bertz CT molecular complexity index is 722. The van der Waals surface area contributed by atoms with Crippen molar-refractivity contribution in [2.24, 2.45) is 0 Å². The molecule has 0 unspecified atom stereocenters. The van der Waals surface area contributed by atoms with E-state index in [1.165, 1.54) is 11.3 Å². The number of nitrogens with one attached hydrogen (secondary N) is 1. The SMILES string of the molecule is CC1(C)C(=O)NC(=O)CN1c1ccc2scnc2c1N. The number of amides is 2. The van der Waals surface area contributed by atoms with Crippen molar-refractivity contribution < 1.29 is 9.59 Å². The smallest absolute Gasteiger partial charge is 0.251 e. The Kier molecular flexibility index (Phi) is 2.68. The van der Waals surface area contributed by atoms with Gasteiger partial charge in [-0.05, 0) is 26.0 Å². The van der Waals surface area contributed by atoms with Crippen LogP contribution in [0.25, 0.3) is 10.2 Å². The summed E-state index contributed by atoms with van der Waals surface area (Å²) in [5.74, 6) is -0.654. The van der Waals surface area contributed by atoms with Gasteiger partial charge in [-0.2, -0.15) is 0 Å². The number of fused-ring (bicyclic) bond motifs is 1. The Morgan fingerprint density at radius 1 is 1.40 bits per heavy atom. The molecule has 0 spiro atoms. The Morgan fingerprint density at radius 2 is 2.15 bits per heavy atom. The third kappa shape index (κ3) is 1.74. The van der Waals surface area contributed by atoms with Crippen LogP contribution >= 0.6 is 11.3 Å². The van der Waals surface area contributed by atoms with Gasteiger partial charge in [-0.1, -0.05) is 0 Å². The lowest BCUT2D eigenvalue weighted by Gasteiger charge is -2.42. The maximum Gasteiger partial charge on any atom is 0.251 e. The highest BCUT2D eigenvalue weighted by atomic mass is 32.1. The van der Waals surface area contributed by atoms with Gasteiger partial charge in [0.25, 0.3) is 5.91 Å². The first-order chi connectivity index (χ1) is 9.41. The van der Waals surface area contributed by atoms with Crippen molar-refractivity contribution in [3.8, 4) is 0 Å². The summed E-state index contributed by atoms with van der Waals surface area (Å²) in [5.41, 5.74) is 8.92. The molecule has 0 bridgehead atoms. The van der Waals surface area contributed by atoms with Gasteiger partial charge in [0.1, 0.15) is 11.1 Å². The number of thiazole rings is 1. The van der Waals surface area contributed by atoms with Crippen molar-refractivity contribution >= 4 is 44.7 Å². The fraction of sp³-hybridized carbons (Fsp3) is 0.308. The highest BCUT2D eigenvalue weighted by Crippen LogP contribution is 2.36. The summed E-state index contributed by atoms with van der Waals surface area (Å²) in [6, 6.07) is 3.75. The van der Waals surface area contributed by atoms with Crippen LogP contribution < -0.4 is 16.0 Å². The standard InChI is InChI=1S/C13H14N4O2S/c1-13(2)12(19)16-9(18)5-17(13)7-3-4-8-11(10(7)14)15-6-20-8/h3-4,6H,5,14H2,1-2H3,(H,16,18,19). The number of benzene rings is 1. The second-order valence-electron chi connectivity index (χ2n) is 5.22. The molecule has 6 nitrogen and oxygen atoms in total. The normalized spacial score (nSPS) is 18.4. The first-order valence-electron chi connectivity index (χ1n) is 6.15. The lowest BCUT2D eigenvalue weighted by atomic mass is 9.97. The van der Waals surface area contributed by atoms with Crippen LogP contribution in [0.1, 0.15) is 13.8 Å². The molecule has 20 heavy (non-hydrogen) atoms. The summed E-state index contributed by atoms with van der Waals surface area (Å²) < 4.78 is 0.983. The van der Waals surface area contributed by atoms with E-state index in [1.807, 2.05) is 12.1 Å². The van der Waals surface area contributed by atoms with E-state index in [-0.39, 0.29) is 18.4 Å². The van der Waals surface area contributed by atoms with E-state index >= 15 is 0 Å². The predicted molar refractivity (Wildman–Crippen MR) is 78.6 cm³/mol. The van der Waals surface area contributed by atoms with E-state index in [1.54, 1.807) is 24.3 Å². The second-order valence-corrected chi connectivity index (χ2v) is 6.11. The molecule has 1 saturated heterocycles. The van der Waals surface area contributed by atoms with Crippen molar-refractivity contribution in [1.82, 2.24) is 10.3 Å². The number of hydrogen-bond acceptors (Lipinski definition) is 6. The maximum atomic E-state index is 12.0. The summed E-state index contributed by atoms with van der Waals surface area (Å²) in [6.07, 6.45) is 0. The summed E-state index contributed by atoms with van der Waals surface area (Å²) >= 11 is 1.50. The molecule has 1 fully saturated rings. The van der Waals surface area contributed by atoms with Crippen LogP contribution in [0.15, 0.2) is 17.6 Å². The third-order valence-corrected chi connectivity index (χ3v) is 4.39.